The van der Waals surface area contributed by atoms with Crippen molar-refractivity contribution in [3.05, 3.63) is 46.7 Å². The second kappa shape index (κ2) is 9.26. The Morgan fingerprint density at radius 1 is 1.24 bits per heavy atom. The summed E-state index contributed by atoms with van der Waals surface area (Å²) in [5.74, 6) is -1.01. The van der Waals surface area contributed by atoms with E-state index in [1.165, 1.54) is 28.0 Å². The molecule has 0 bridgehead atoms. The van der Waals surface area contributed by atoms with Crippen LogP contribution in [-0.4, -0.2) is 78.1 Å². The van der Waals surface area contributed by atoms with Crippen molar-refractivity contribution >= 4 is 17.8 Å². The molecule has 0 aromatic heterocycles. The topological polar surface area (TPSA) is 94.2 Å². The van der Waals surface area contributed by atoms with Crippen LogP contribution in [0.5, 0.6) is 0 Å². The molecular weight excluding hydrogens is 455 g/mol. The van der Waals surface area contributed by atoms with Gasteiger partial charge in [0.05, 0.1) is 42.6 Å². The predicted octanol–water partition coefficient (Wildman–Crippen LogP) is 1.64. The number of carbonyl (C=O) groups excluding carboxylic acids is 3. The number of carbonyl (C=O) groups is 3. The van der Waals surface area contributed by atoms with Crippen molar-refractivity contribution in [3.63, 3.8) is 0 Å². The minimum Gasteiger partial charge on any atom is -0.379 e. The van der Waals surface area contributed by atoms with Crippen LogP contribution in [0.2, 0.25) is 0 Å². The summed E-state index contributed by atoms with van der Waals surface area (Å²) in [6.45, 7) is 5.34. The van der Waals surface area contributed by atoms with E-state index in [4.69, 9.17) is 4.74 Å². The number of hydrazine groups is 1. The Morgan fingerprint density at radius 2 is 1.91 bits per heavy atom. The van der Waals surface area contributed by atoms with Gasteiger partial charge in [-0.25, -0.2) is 9.80 Å². The van der Waals surface area contributed by atoms with Crippen LogP contribution in [0.4, 0.5) is 18.0 Å². The fraction of sp³-hybridized carbons (Fsp3) is 0.500. The fourth-order valence-electron chi connectivity index (χ4n) is 4.47. The highest BCUT2D eigenvalue weighted by Crippen LogP contribution is 2.41. The predicted molar refractivity (Wildman–Crippen MR) is 114 cm³/mol. The Balaban J connectivity index is 1.65. The number of likely N-dealkylation sites (N-methyl/N-ethyl adjacent to an activating group) is 1. The smallest absolute Gasteiger partial charge is 0.379 e. The quantitative estimate of drug-likeness (QED) is 0.667. The maximum absolute atomic E-state index is 13.7. The summed E-state index contributed by atoms with van der Waals surface area (Å²) in [5, 5.41) is 4.26. The number of urea groups is 1. The molecule has 4 amide bonds. The largest absolute Gasteiger partial charge is 0.416 e. The number of alkyl halides is 3. The van der Waals surface area contributed by atoms with E-state index in [1.54, 1.807) is 18.9 Å². The molecule has 1 aromatic carbocycles. The lowest BCUT2D eigenvalue weighted by molar-refractivity contribution is -0.140. The minimum atomic E-state index is -4.67. The second-order valence-corrected chi connectivity index (χ2v) is 8.26. The van der Waals surface area contributed by atoms with Gasteiger partial charge in [-0.1, -0.05) is 18.2 Å². The molecule has 1 fully saturated rings. The molecule has 3 aliphatic heterocycles. The molecule has 0 aliphatic carbocycles. The lowest BCUT2D eigenvalue weighted by Gasteiger charge is -2.33. The summed E-state index contributed by atoms with van der Waals surface area (Å²) in [6.07, 6.45) is -4.67. The zero-order valence-electron chi connectivity index (χ0n) is 18.8. The monoisotopic (exact) mass is 481 g/mol. The van der Waals surface area contributed by atoms with Crippen LogP contribution in [-0.2, 0) is 20.5 Å². The lowest BCUT2D eigenvalue weighted by atomic mass is 9.91. The van der Waals surface area contributed by atoms with E-state index in [0.717, 1.165) is 6.07 Å². The van der Waals surface area contributed by atoms with Crippen LogP contribution in [0.25, 0.3) is 0 Å². The van der Waals surface area contributed by atoms with Gasteiger partial charge in [0.1, 0.15) is 6.04 Å². The van der Waals surface area contributed by atoms with E-state index in [9.17, 15) is 27.6 Å². The van der Waals surface area contributed by atoms with Crippen molar-refractivity contribution in [1.82, 2.24) is 25.6 Å². The van der Waals surface area contributed by atoms with Gasteiger partial charge in [-0.15, -0.1) is 0 Å². The SMILES string of the molecule is CCN1C(=O)N[C@H](c2ccccc2C(F)(F)F)C2=C1CN([C@@H](C)C(=O)NN1CCOCC1)C2=O. The summed E-state index contributed by atoms with van der Waals surface area (Å²) in [4.78, 5) is 41.7. The Bertz CT molecular complexity index is 1020. The summed E-state index contributed by atoms with van der Waals surface area (Å²) < 4.78 is 46.4. The minimum absolute atomic E-state index is 0.0455. The molecule has 184 valence electrons. The maximum Gasteiger partial charge on any atom is 0.416 e. The third kappa shape index (κ3) is 4.34. The number of hydrogen-bond acceptors (Lipinski definition) is 5. The molecule has 34 heavy (non-hydrogen) atoms. The summed E-state index contributed by atoms with van der Waals surface area (Å²) in [7, 11) is 0. The van der Waals surface area contributed by atoms with Gasteiger partial charge < -0.3 is 15.0 Å². The third-order valence-electron chi connectivity index (χ3n) is 6.27. The summed E-state index contributed by atoms with van der Waals surface area (Å²) in [6, 6.07) is 2.07. The molecule has 4 rings (SSSR count). The molecule has 3 aliphatic rings. The van der Waals surface area contributed by atoms with E-state index in [-0.39, 0.29) is 24.2 Å². The molecule has 12 heteroatoms. The van der Waals surface area contributed by atoms with Crippen molar-refractivity contribution < 1.29 is 32.3 Å². The number of morpholine rings is 1. The number of nitrogens with zero attached hydrogens (tertiary/aromatic N) is 3. The first-order valence-electron chi connectivity index (χ1n) is 11.0. The van der Waals surface area contributed by atoms with E-state index < -0.39 is 41.7 Å². The van der Waals surface area contributed by atoms with E-state index in [2.05, 4.69) is 10.7 Å². The normalized spacial score (nSPS) is 22.6. The highest BCUT2D eigenvalue weighted by Gasteiger charge is 2.48. The van der Waals surface area contributed by atoms with Crippen LogP contribution < -0.4 is 10.7 Å². The van der Waals surface area contributed by atoms with E-state index in [1.807, 2.05) is 0 Å². The van der Waals surface area contributed by atoms with Gasteiger partial charge in [0.25, 0.3) is 11.8 Å². The second-order valence-electron chi connectivity index (χ2n) is 8.26. The van der Waals surface area contributed by atoms with Crippen molar-refractivity contribution in [2.45, 2.75) is 32.1 Å². The number of benzene rings is 1. The first-order chi connectivity index (χ1) is 16.1. The Labute approximate surface area is 194 Å². The van der Waals surface area contributed by atoms with Crippen molar-refractivity contribution in [2.24, 2.45) is 0 Å². The zero-order valence-corrected chi connectivity index (χ0v) is 18.8. The number of halogens is 3. The van der Waals surface area contributed by atoms with Gasteiger partial charge in [-0.05, 0) is 25.5 Å². The molecule has 9 nitrogen and oxygen atoms in total. The van der Waals surface area contributed by atoms with Crippen LogP contribution in [0.15, 0.2) is 35.5 Å². The van der Waals surface area contributed by atoms with Crippen LogP contribution in [0.1, 0.15) is 31.0 Å². The van der Waals surface area contributed by atoms with Crippen LogP contribution in [0, 0.1) is 0 Å². The highest BCUT2D eigenvalue weighted by molar-refractivity contribution is 6.03. The fourth-order valence-corrected chi connectivity index (χ4v) is 4.47. The molecule has 0 unspecified atom stereocenters. The van der Waals surface area contributed by atoms with Crippen molar-refractivity contribution in [1.29, 1.82) is 0 Å². The molecule has 1 aromatic rings. The van der Waals surface area contributed by atoms with Crippen molar-refractivity contribution in [3.8, 4) is 0 Å². The molecule has 2 atom stereocenters. The van der Waals surface area contributed by atoms with Crippen LogP contribution >= 0.6 is 0 Å². The van der Waals surface area contributed by atoms with Gasteiger partial charge in [-0.3, -0.25) is 19.9 Å². The molecule has 2 N–H and O–H groups in total. The van der Waals surface area contributed by atoms with E-state index >= 15 is 0 Å². The van der Waals surface area contributed by atoms with E-state index in [0.29, 0.717) is 32.0 Å². The Kier molecular flexibility index (Phi) is 6.54. The molecule has 3 heterocycles. The Hall–Kier alpha value is -3.12. The summed E-state index contributed by atoms with van der Waals surface area (Å²) >= 11 is 0. The molecule has 0 radical (unpaired) electrons. The number of hydrogen-bond donors (Lipinski definition) is 2. The number of rotatable bonds is 5. The third-order valence-corrected chi connectivity index (χ3v) is 6.27. The summed E-state index contributed by atoms with van der Waals surface area (Å²) in [5.41, 5.74) is 1.97. The van der Waals surface area contributed by atoms with Gasteiger partial charge >= 0.3 is 12.2 Å². The van der Waals surface area contributed by atoms with Gasteiger partial charge in [0.15, 0.2) is 0 Å². The van der Waals surface area contributed by atoms with Gasteiger partial charge in [-0.2, -0.15) is 13.2 Å². The first kappa shape index (κ1) is 24.0. The molecule has 0 spiro atoms. The zero-order chi connectivity index (χ0) is 24.6. The van der Waals surface area contributed by atoms with Crippen LogP contribution in [0.3, 0.4) is 0 Å². The number of ether oxygens (including phenoxy) is 1. The lowest BCUT2D eigenvalue weighted by Crippen LogP contribution is -2.54. The number of nitrogens with one attached hydrogen (secondary N) is 2. The van der Waals surface area contributed by atoms with Gasteiger partial charge in [0.2, 0.25) is 0 Å². The standard InChI is InChI=1S/C22H26F3N5O4/c1-3-29-16-12-30(13(2)19(31)27-28-8-10-34-11-9-28)20(32)17(16)18(26-21(29)33)14-6-4-5-7-15(14)22(23,24)25/h4-7,13,18H,3,8-12H2,1-2H3,(H,26,33)(H,27,31)/t13-,18+/m0/s1. The van der Waals surface area contributed by atoms with Gasteiger partial charge in [0, 0.05) is 19.6 Å². The van der Waals surface area contributed by atoms with Crippen molar-refractivity contribution in [2.75, 3.05) is 39.4 Å². The number of amides is 4. The first-order valence-corrected chi connectivity index (χ1v) is 11.0. The highest BCUT2D eigenvalue weighted by atomic mass is 19.4. The maximum atomic E-state index is 13.7. The molecule has 1 saturated heterocycles. The molecular formula is C22H26F3N5O4. The Morgan fingerprint density at radius 3 is 2.56 bits per heavy atom. The molecule has 0 saturated carbocycles. The average molecular weight is 481 g/mol. The average Bonchev–Trinajstić information content (AvgIpc) is 3.15.